The van der Waals surface area contributed by atoms with Gasteiger partial charge in [-0.1, -0.05) is 15.9 Å². The monoisotopic (exact) mass is 294 g/mol. The molecule has 1 aliphatic rings. The van der Waals surface area contributed by atoms with Gasteiger partial charge >= 0.3 is 0 Å². The summed E-state index contributed by atoms with van der Waals surface area (Å²) in [5.74, 6) is 0.987. The quantitative estimate of drug-likeness (QED) is 0.885. The van der Waals surface area contributed by atoms with E-state index in [1.54, 1.807) is 6.07 Å². The maximum absolute atomic E-state index is 13.9. The van der Waals surface area contributed by atoms with Crippen LogP contribution in [0.25, 0.3) is 11.4 Å². The summed E-state index contributed by atoms with van der Waals surface area (Å²) >= 11 is 3.42. The summed E-state index contributed by atoms with van der Waals surface area (Å²) in [5.41, 5.74) is 2.53. The van der Waals surface area contributed by atoms with Crippen LogP contribution >= 0.6 is 15.9 Å². The summed E-state index contributed by atoms with van der Waals surface area (Å²) in [6, 6.07) is 3.30. The summed E-state index contributed by atoms with van der Waals surface area (Å²) in [4.78, 5) is 7.47. The van der Waals surface area contributed by atoms with Gasteiger partial charge < -0.3 is 4.98 Å². The maximum atomic E-state index is 13.9. The maximum Gasteiger partial charge on any atom is 0.140 e. The number of benzene rings is 1. The number of hydrogen-bond donors (Lipinski definition) is 1. The van der Waals surface area contributed by atoms with Gasteiger partial charge in [-0.2, -0.15) is 0 Å². The van der Waals surface area contributed by atoms with Crippen LogP contribution in [0.15, 0.2) is 22.8 Å². The lowest BCUT2D eigenvalue weighted by atomic mass is 10.1. The molecule has 0 spiro atoms. The molecule has 0 unspecified atom stereocenters. The van der Waals surface area contributed by atoms with Gasteiger partial charge in [-0.05, 0) is 37.5 Å². The summed E-state index contributed by atoms with van der Waals surface area (Å²) in [7, 11) is 0. The molecule has 0 amide bonds. The fourth-order valence-corrected chi connectivity index (χ4v) is 2.25. The van der Waals surface area contributed by atoms with Crippen molar-refractivity contribution in [3.05, 3.63) is 39.9 Å². The zero-order valence-corrected chi connectivity index (χ0v) is 11.0. The Morgan fingerprint density at radius 3 is 2.88 bits per heavy atom. The van der Waals surface area contributed by atoms with Crippen LogP contribution in [0.1, 0.15) is 30.0 Å². The van der Waals surface area contributed by atoms with Crippen molar-refractivity contribution in [2.75, 3.05) is 0 Å². The normalized spacial score (nSPS) is 15.2. The van der Waals surface area contributed by atoms with Gasteiger partial charge in [0.1, 0.15) is 11.6 Å². The molecule has 17 heavy (non-hydrogen) atoms. The van der Waals surface area contributed by atoms with E-state index in [1.165, 1.54) is 18.9 Å². The highest BCUT2D eigenvalue weighted by molar-refractivity contribution is 9.10. The molecule has 1 aromatic carbocycles. The first-order chi connectivity index (χ1) is 8.15. The minimum Gasteiger partial charge on any atom is -0.342 e. The molecule has 1 aromatic heterocycles. The Bertz CT molecular complexity index is 573. The highest BCUT2D eigenvalue weighted by atomic mass is 79.9. The van der Waals surface area contributed by atoms with E-state index in [0.29, 0.717) is 17.3 Å². The van der Waals surface area contributed by atoms with Crippen LogP contribution in [-0.4, -0.2) is 9.97 Å². The predicted octanol–water partition coefficient (Wildman–Crippen LogP) is 4.16. The number of H-pyrrole nitrogens is 1. The highest BCUT2D eigenvalue weighted by Crippen LogP contribution is 2.39. The van der Waals surface area contributed by atoms with Gasteiger partial charge in [0.15, 0.2) is 0 Å². The molecule has 1 saturated carbocycles. The van der Waals surface area contributed by atoms with Crippen molar-refractivity contribution in [2.24, 2.45) is 0 Å². The van der Waals surface area contributed by atoms with Crippen LogP contribution in [0.2, 0.25) is 0 Å². The fraction of sp³-hybridized carbons (Fsp3) is 0.308. The van der Waals surface area contributed by atoms with Gasteiger partial charge in [0.25, 0.3) is 0 Å². The first kappa shape index (κ1) is 11.0. The molecule has 4 heteroatoms. The van der Waals surface area contributed by atoms with Crippen molar-refractivity contribution in [1.82, 2.24) is 9.97 Å². The van der Waals surface area contributed by atoms with E-state index in [9.17, 15) is 4.39 Å². The number of aromatic nitrogens is 2. The molecular formula is C13H12BrFN2. The third-order valence-corrected chi connectivity index (χ3v) is 3.97. The topological polar surface area (TPSA) is 28.7 Å². The lowest BCUT2D eigenvalue weighted by molar-refractivity contribution is 0.628. The average molecular weight is 295 g/mol. The van der Waals surface area contributed by atoms with Crippen molar-refractivity contribution >= 4 is 15.9 Å². The largest absolute Gasteiger partial charge is 0.342 e. The smallest absolute Gasteiger partial charge is 0.140 e. The number of nitrogens with zero attached hydrogens (tertiary/aromatic N) is 1. The molecule has 0 aliphatic heterocycles. The third kappa shape index (κ3) is 2.02. The average Bonchev–Trinajstić information content (AvgIpc) is 3.03. The van der Waals surface area contributed by atoms with Crippen molar-refractivity contribution < 1.29 is 4.39 Å². The zero-order valence-electron chi connectivity index (χ0n) is 9.43. The van der Waals surface area contributed by atoms with Crippen LogP contribution < -0.4 is 0 Å². The van der Waals surface area contributed by atoms with Crippen molar-refractivity contribution in [2.45, 2.75) is 25.7 Å². The summed E-state index contributed by atoms with van der Waals surface area (Å²) in [6.45, 7) is 1.87. The van der Waals surface area contributed by atoms with Gasteiger partial charge in [0.2, 0.25) is 0 Å². The molecule has 0 radical (unpaired) electrons. The molecular weight excluding hydrogens is 283 g/mol. The van der Waals surface area contributed by atoms with E-state index in [2.05, 4.69) is 25.9 Å². The van der Waals surface area contributed by atoms with Crippen LogP contribution in [0, 0.1) is 12.7 Å². The zero-order chi connectivity index (χ0) is 12.0. The number of aryl methyl sites for hydroxylation is 1. The molecule has 0 atom stereocenters. The second kappa shape index (κ2) is 3.95. The lowest BCUT2D eigenvalue weighted by Gasteiger charge is -2.03. The van der Waals surface area contributed by atoms with Crippen LogP contribution in [-0.2, 0) is 0 Å². The molecule has 1 N–H and O–H groups in total. The Morgan fingerprint density at radius 2 is 2.18 bits per heavy atom. The molecule has 0 saturated heterocycles. The van der Waals surface area contributed by atoms with Crippen LogP contribution in [0.4, 0.5) is 4.39 Å². The minimum absolute atomic E-state index is 0.234. The van der Waals surface area contributed by atoms with E-state index in [4.69, 9.17) is 0 Å². The van der Waals surface area contributed by atoms with Gasteiger partial charge in [0.05, 0.1) is 5.56 Å². The Hall–Kier alpha value is -1.16. The second-order valence-electron chi connectivity index (χ2n) is 4.54. The molecule has 0 bridgehead atoms. The van der Waals surface area contributed by atoms with E-state index in [0.717, 1.165) is 15.7 Å². The number of halogens is 2. The van der Waals surface area contributed by atoms with Crippen molar-refractivity contribution in [3.8, 4) is 11.4 Å². The Morgan fingerprint density at radius 1 is 1.41 bits per heavy atom. The standard InChI is InChI=1S/C13H12BrFN2/c1-7-4-11(15)9(5-10(7)14)13-16-6-12(17-13)8-2-3-8/h4-6,8H,2-3H2,1H3,(H,16,17). The first-order valence-corrected chi connectivity index (χ1v) is 6.45. The minimum atomic E-state index is -0.234. The summed E-state index contributed by atoms with van der Waals surface area (Å²) < 4.78 is 14.8. The summed E-state index contributed by atoms with van der Waals surface area (Å²) in [6.07, 6.45) is 4.24. The molecule has 2 aromatic rings. The number of imidazole rings is 1. The van der Waals surface area contributed by atoms with E-state index >= 15 is 0 Å². The third-order valence-electron chi connectivity index (χ3n) is 3.12. The summed E-state index contributed by atoms with van der Waals surface area (Å²) in [5, 5.41) is 0. The van der Waals surface area contributed by atoms with E-state index in [1.807, 2.05) is 13.1 Å². The first-order valence-electron chi connectivity index (χ1n) is 5.66. The molecule has 1 aliphatic carbocycles. The fourth-order valence-electron chi connectivity index (χ4n) is 1.90. The molecule has 88 valence electrons. The number of nitrogens with one attached hydrogen (secondary N) is 1. The highest BCUT2D eigenvalue weighted by Gasteiger charge is 2.25. The Balaban J connectivity index is 2.04. The van der Waals surface area contributed by atoms with Gasteiger partial charge in [-0.3, -0.25) is 0 Å². The van der Waals surface area contributed by atoms with E-state index in [-0.39, 0.29) is 5.82 Å². The SMILES string of the molecule is Cc1cc(F)c(-c2ncc(C3CC3)[nH]2)cc1Br. The lowest BCUT2D eigenvalue weighted by Crippen LogP contribution is -1.89. The van der Waals surface area contributed by atoms with Gasteiger partial charge in [-0.25, -0.2) is 9.37 Å². The Labute approximate surface area is 107 Å². The second-order valence-corrected chi connectivity index (χ2v) is 5.40. The van der Waals surface area contributed by atoms with Gasteiger partial charge in [-0.15, -0.1) is 0 Å². The van der Waals surface area contributed by atoms with Crippen molar-refractivity contribution in [1.29, 1.82) is 0 Å². The molecule has 3 rings (SSSR count). The molecule has 2 nitrogen and oxygen atoms in total. The van der Waals surface area contributed by atoms with Crippen molar-refractivity contribution in [3.63, 3.8) is 0 Å². The number of hydrogen-bond acceptors (Lipinski definition) is 1. The molecule has 1 heterocycles. The van der Waals surface area contributed by atoms with Crippen LogP contribution in [0.5, 0.6) is 0 Å². The number of aromatic amines is 1. The van der Waals surface area contributed by atoms with Crippen LogP contribution in [0.3, 0.4) is 0 Å². The van der Waals surface area contributed by atoms with Gasteiger partial charge in [0, 0.05) is 22.3 Å². The number of rotatable bonds is 2. The molecule has 1 fully saturated rings. The Kier molecular flexibility index (Phi) is 2.54. The predicted molar refractivity (Wildman–Crippen MR) is 68.4 cm³/mol. The van der Waals surface area contributed by atoms with E-state index < -0.39 is 0 Å².